The van der Waals surface area contributed by atoms with Crippen LogP contribution in [0.5, 0.6) is 0 Å². The van der Waals surface area contributed by atoms with Gasteiger partial charge in [-0.1, -0.05) is 114 Å². The highest BCUT2D eigenvalue weighted by Gasteiger charge is 2.14. The molecule has 0 fully saturated rings. The number of aldehydes is 1. The van der Waals surface area contributed by atoms with Crippen LogP contribution < -0.4 is 15.9 Å². The van der Waals surface area contributed by atoms with Crippen molar-refractivity contribution in [2.45, 2.75) is 45.4 Å². The van der Waals surface area contributed by atoms with Crippen LogP contribution in [0.2, 0.25) is 0 Å². The molecule has 0 spiro atoms. The van der Waals surface area contributed by atoms with Gasteiger partial charge in [0.2, 0.25) is 0 Å². The molecule has 1 unspecified atom stereocenters. The van der Waals surface area contributed by atoms with Crippen LogP contribution in [0, 0.1) is 0 Å². The summed E-state index contributed by atoms with van der Waals surface area (Å²) in [6.45, 7) is 4.07. The fourth-order valence-corrected chi connectivity index (χ4v) is 6.05. The molecule has 212 valence electrons. The van der Waals surface area contributed by atoms with Gasteiger partial charge in [0.1, 0.15) is 6.29 Å². The zero-order valence-electron chi connectivity index (χ0n) is 22.8. The monoisotopic (exact) mass is 634 g/mol. The van der Waals surface area contributed by atoms with Crippen molar-refractivity contribution >= 4 is 66.6 Å². The first kappa shape index (κ1) is 36.6. The molecular formula is C31H41BrO5P2. The van der Waals surface area contributed by atoms with Gasteiger partial charge < -0.3 is 15.0 Å². The van der Waals surface area contributed by atoms with Crippen LogP contribution in [0.4, 0.5) is 0 Å². The van der Waals surface area contributed by atoms with E-state index in [1.807, 2.05) is 6.92 Å². The van der Waals surface area contributed by atoms with Gasteiger partial charge in [0.05, 0.1) is 0 Å². The van der Waals surface area contributed by atoms with Gasteiger partial charge in [-0.2, -0.15) is 0 Å². The number of hydrogen-bond acceptors (Lipinski definition) is 3. The normalized spacial score (nSPS) is 9.85. The third-order valence-electron chi connectivity index (χ3n) is 4.79. The predicted octanol–water partition coefficient (Wildman–Crippen LogP) is 6.84. The number of carboxylic acid groups (broad SMARTS) is 2. The lowest BCUT2D eigenvalue weighted by Crippen LogP contribution is -2.20. The zero-order valence-corrected chi connectivity index (χ0v) is 26.3. The molecule has 5 nitrogen and oxygen atoms in total. The van der Waals surface area contributed by atoms with Crippen molar-refractivity contribution in [2.75, 3.05) is 18.2 Å². The molecular weight excluding hydrogens is 594 g/mol. The highest BCUT2D eigenvalue weighted by molar-refractivity contribution is 9.09. The Morgan fingerprint density at radius 3 is 1.38 bits per heavy atom. The van der Waals surface area contributed by atoms with Crippen molar-refractivity contribution < 1.29 is 24.6 Å². The van der Waals surface area contributed by atoms with Gasteiger partial charge in [-0.25, -0.2) is 0 Å². The largest absolute Gasteiger partial charge is 0.481 e. The molecule has 0 aliphatic carbocycles. The van der Waals surface area contributed by atoms with Gasteiger partial charge in [0.15, 0.2) is 0 Å². The molecule has 0 aliphatic heterocycles. The number of rotatable bonds is 12. The maximum atomic E-state index is 9.88. The lowest BCUT2D eigenvalue weighted by atomic mass is 10.3. The molecule has 2 N–H and O–H groups in total. The number of alkyl halides is 1. The second-order valence-corrected chi connectivity index (χ2v) is 12.3. The zero-order chi connectivity index (χ0) is 29.1. The van der Waals surface area contributed by atoms with Crippen molar-refractivity contribution in [3.8, 4) is 0 Å². The molecule has 0 aromatic heterocycles. The van der Waals surface area contributed by atoms with E-state index in [1.165, 1.54) is 15.9 Å². The second-order valence-electron chi connectivity index (χ2n) is 8.08. The number of carboxylic acids is 2. The van der Waals surface area contributed by atoms with Gasteiger partial charge in [-0.3, -0.25) is 9.59 Å². The van der Waals surface area contributed by atoms with E-state index >= 15 is 0 Å². The van der Waals surface area contributed by atoms with Crippen LogP contribution in [0.25, 0.3) is 0 Å². The number of unbranched alkanes of at least 4 members (excludes halogenated alkanes) is 1. The van der Waals surface area contributed by atoms with Crippen molar-refractivity contribution in [3.05, 3.63) is 91.0 Å². The Hall–Kier alpha value is -2.39. The molecule has 0 saturated heterocycles. The average Bonchev–Trinajstić information content (AvgIpc) is 2.95. The van der Waals surface area contributed by atoms with Gasteiger partial charge >= 0.3 is 11.9 Å². The van der Waals surface area contributed by atoms with Crippen LogP contribution in [0.1, 0.15) is 45.4 Å². The molecule has 0 heterocycles. The third kappa shape index (κ3) is 20.2. The number of benzene rings is 3. The van der Waals surface area contributed by atoms with Gasteiger partial charge in [0, 0.05) is 24.6 Å². The summed E-state index contributed by atoms with van der Waals surface area (Å²) in [7, 11) is 0.448. The highest BCUT2D eigenvalue weighted by atomic mass is 79.9. The van der Waals surface area contributed by atoms with E-state index in [9.17, 15) is 14.4 Å². The Balaban J connectivity index is 0.000000601. The minimum absolute atomic E-state index is 0.269. The van der Waals surface area contributed by atoms with Crippen LogP contribution >= 0.6 is 32.4 Å². The van der Waals surface area contributed by atoms with E-state index in [0.717, 1.165) is 45.6 Å². The van der Waals surface area contributed by atoms with Crippen LogP contribution in [-0.2, 0) is 14.4 Å². The molecule has 39 heavy (non-hydrogen) atoms. The lowest BCUT2D eigenvalue weighted by molar-refractivity contribution is -0.138. The molecule has 0 bridgehead atoms. The van der Waals surface area contributed by atoms with E-state index in [4.69, 9.17) is 10.2 Å². The summed E-state index contributed by atoms with van der Waals surface area (Å²) in [6.07, 6.45) is 5.83. The summed E-state index contributed by atoms with van der Waals surface area (Å²) in [5.74, 6) is -1.40. The second kappa shape index (κ2) is 25.9. The number of carbonyl (C=O) groups excluding carboxylic acids is 1. The van der Waals surface area contributed by atoms with E-state index < -0.39 is 19.9 Å². The summed E-state index contributed by atoms with van der Waals surface area (Å²) in [6, 6.07) is 32.3. The Morgan fingerprint density at radius 1 is 0.769 bits per heavy atom. The summed E-state index contributed by atoms with van der Waals surface area (Å²) < 4.78 is 0. The third-order valence-corrected chi connectivity index (χ3v) is 8.65. The number of halogens is 1. The van der Waals surface area contributed by atoms with E-state index in [-0.39, 0.29) is 6.42 Å². The maximum Gasteiger partial charge on any atom is 0.303 e. The molecule has 0 radical (unpaired) electrons. The standard InChI is InChI=1S/C18H15P.C5H11O2P.C4H7BrO2.C4H8O/c1-4-10-16(11-5-1)19(17-12-6-2-7-13-17)18-14-8-3-9-15-18;1-8-4-2-3-5(6)7;5-3-1-2-4(6)7;1-2-3-4-5/h1-15H;8H,2-4H2,1H3,(H,6,7);1-3H2,(H,6,7);4H,2-3H2,1H3. The molecule has 0 amide bonds. The fraction of sp³-hybridized carbons (Fsp3) is 0.323. The minimum atomic E-state index is -0.723. The predicted molar refractivity (Wildman–Crippen MR) is 173 cm³/mol. The quantitative estimate of drug-likeness (QED) is 0.0985. The molecule has 1 atom stereocenters. The van der Waals surface area contributed by atoms with Crippen molar-refractivity contribution in [3.63, 3.8) is 0 Å². The molecule has 3 rings (SSSR count). The Labute approximate surface area is 245 Å². The first-order valence-corrected chi connectivity index (χ1v) is 17.1. The van der Waals surface area contributed by atoms with Crippen molar-refractivity contribution in [1.82, 2.24) is 0 Å². The molecule has 3 aromatic carbocycles. The van der Waals surface area contributed by atoms with Gasteiger partial charge in [0.25, 0.3) is 0 Å². The SMILES string of the molecule is CCCC=O.CPCCCC(=O)O.O=C(O)CCCBr.c1ccc(P(c2ccccc2)c2ccccc2)cc1. The first-order valence-electron chi connectivity index (χ1n) is 12.9. The Kier molecular flexibility index (Phi) is 24.3. The van der Waals surface area contributed by atoms with Crippen molar-refractivity contribution in [1.29, 1.82) is 0 Å². The highest BCUT2D eigenvalue weighted by Crippen LogP contribution is 2.32. The van der Waals surface area contributed by atoms with Crippen LogP contribution in [0.3, 0.4) is 0 Å². The minimum Gasteiger partial charge on any atom is -0.481 e. The summed E-state index contributed by atoms with van der Waals surface area (Å²) >= 11 is 3.11. The Morgan fingerprint density at radius 2 is 1.15 bits per heavy atom. The van der Waals surface area contributed by atoms with E-state index in [2.05, 4.69) is 114 Å². The summed E-state index contributed by atoms with van der Waals surface area (Å²) in [5, 5.41) is 21.1. The molecule has 0 saturated carbocycles. The Bertz CT molecular complexity index is 911. The van der Waals surface area contributed by atoms with Gasteiger partial charge in [-0.15, -0.1) is 8.58 Å². The average molecular weight is 636 g/mol. The topological polar surface area (TPSA) is 91.7 Å². The molecule has 3 aromatic rings. The van der Waals surface area contributed by atoms with E-state index in [0.29, 0.717) is 12.8 Å². The number of carbonyl (C=O) groups is 3. The van der Waals surface area contributed by atoms with Crippen LogP contribution in [-0.4, -0.2) is 46.6 Å². The van der Waals surface area contributed by atoms with E-state index in [1.54, 1.807) is 0 Å². The smallest absolute Gasteiger partial charge is 0.303 e. The lowest BCUT2D eigenvalue weighted by Gasteiger charge is -2.18. The maximum absolute atomic E-state index is 9.88. The number of hydrogen-bond donors (Lipinski definition) is 2. The molecule has 8 heteroatoms. The van der Waals surface area contributed by atoms with Crippen molar-refractivity contribution in [2.24, 2.45) is 0 Å². The fourth-order valence-electron chi connectivity index (χ4n) is 2.93. The van der Waals surface area contributed by atoms with Gasteiger partial charge in [-0.05, 0) is 55.9 Å². The summed E-state index contributed by atoms with van der Waals surface area (Å²) in [4.78, 5) is 29.0. The number of aliphatic carboxylic acids is 2. The van der Waals surface area contributed by atoms with Crippen LogP contribution in [0.15, 0.2) is 91.0 Å². The molecule has 0 aliphatic rings. The first-order chi connectivity index (χ1) is 18.9. The summed E-state index contributed by atoms with van der Waals surface area (Å²) in [5.41, 5.74) is 0.